The van der Waals surface area contributed by atoms with Crippen molar-refractivity contribution in [3.05, 3.63) is 50.2 Å². The molecule has 3 aromatic rings. The minimum absolute atomic E-state index is 0.355. The first kappa shape index (κ1) is 14.2. The molecule has 0 radical (unpaired) electrons. The summed E-state index contributed by atoms with van der Waals surface area (Å²) in [5.41, 5.74) is 2.61. The molecule has 0 aliphatic rings. The highest BCUT2D eigenvalue weighted by Gasteiger charge is 2.15. The van der Waals surface area contributed by atoms with Gasteiger partial charge in [0.2, 0.25) is 0 Å². The molecule has 0 saturated heterocycles. The van der Waals surface area contributed by atoms with Crippen LogP contribution in [0.25, 0.3) is 11.2 Å². The number of hydrogen-bond donors (Lipinski definition) is 0. The van der Waals surface area contributed by atoms with Gasteiger partial charge in [-0.2, -0.15) is 10.2 Å². The van der Waals surface area contributed by atoms with Crippen LogP contribution >= 0.6 is 0 Å². The van der Waals surface area contributed by atoms with Crippen molar-refractivity contribution >= 4 is 11.2 Å². The molecule has 0 aliphatic heterocycles. The summed E-state index contributed by atoms with van der Waals surface area (Å²) in [6, 6.07) is 1.93. The number of rotatable bonds is 2. The number of imidazole rings is 1. The number of aromatic nitrogens is 6. The molecular weight excluding hydrogens is 284 g/mol. The van der Waals surface area contributed by atoms with E-state index < -0.39 is 0 Å². The lowest BCUT2D eigenvalue weighted by molar-refractivity contribution is 0.701. The third kappa shape index (κ3) is 2.03. The highest BCUT2D eigenvalue weighted by Crippen LogP contribution is 2.12. The summed E-state index contributed by atoms with van der Waals surface area (Å²) < 4.78 is 4.19. The molecule has 114 valence electrons. The molecule has 0 saturated carbocycles. The smallest absolute Gasteiger partial charge is 0.320 e. The zero-order valence-electron chi connectivity index (χ0n) is 12.9. The van der Waals surface area contributed by atoms with Crippen molar-refractivity contribution in [3.63, 3.8) is 0 Å². The average Bonchev–Trinajstić information content (AvgIpc) is 2.90. The van der Waals surface area contributed by atoms with E-state index in [9.17, 15) is 9.59 Å². The number of nitrogens with zero attached hydrogens (tertiary/aromatic N) is 6. The molecule has 0 spiro atoms. The molecule has 8 nitrogen and oxygen atoms in total. The molecule has 0 aliphatic carbocycles. The number of hydrogen-bond acceptors (Lipinski definition) is 5. The van der Waals surface area contributed by atoms with Crippen LogP contribution in [0.5, 0.6) is 0 Å². The summed E-state index contributed by atoms with van der Waals surface area (Å²) in [5, 5.41) is 8.09. The lowest BCUT2D eigenvalue weighted by Gasteiger charge is -2.08. The van der Waals surface area contributed by atoms with E-state index in [1.54, 1.807) is 17.9 Å². The molecular formula is C14H16N6O2. The fraction of sp³-hybridized carbons (Fsp3) is 0.357. The van der Waals surface area contributed by atoms with Gasteiger partial charge in [-0.1, -0.05) is 0 Å². The Balaban J connectivity index is 2.23. The fourth-order valence-electron chi connectivity index (χ4n) is 2.46. The van der Waals surface area contributed by atoms with Gasteiger partial charge in [-0.25, -0.2) is 9.78 Å². The lowest BCUT2D eigenvalue weighted by atomic mass is 10.2. The van der Waals surface area contributed by atoms with E-state index in [1.807, 2.05) is 19.9 Å². The Labute approximate surface area is 125 Å². The molecule has 0 fully saturated rings. The third-order valence-corrected chi connectivity index (χ3v) is 3.76. The molecule has 0 amide bonds. The van der Waals surface area contributed by atoms with E-state index in [0.29, 0.717) is 17.7 Å². The van der Waals surface area contributed by atoms with Crippen LogP contribution in [0, 0.1) is 13.8 Å². The van der Waals surface area contributed by atoms with Crippen LogP contribution in [0.3, 0.4) is 0 Å². The van der Waals surface area contributed by atoms with Crippen molar-refractivity contribution in [2.75, 3.05) is 0 Å². The van der Waals surface area contributed by atoms with Gasteiger partial charge >= 0.3 is 5.69 Å². The molecule has 0 atom stereocenters. The lowest BCUT2D eigenvalue weighted by Crippen LogP contribution is -2.37. The Bertz CT molecular complexity index is 995. The van der Waals surface area contributed by atoms with Gasteiger partial charge in [0, 0.05) is 14.1 Å². The Kier molecular flexibility index (Phi) is 3.16. The second kappa shape index (κ2) is 4.90. The van der Waals surface area contributed by atoms with Crippen molar-refractivity contribution < 1.29 is 0 Å². The van der Waals surface area contributed by atoms with E-state index in [4.69, 9.17) is 0 Å². The SMILES string of the molecule is Cc1cc(Cn2cnc3c2c(=O)n(C)c(=O)n3C)c(C)nn1. The molecule has 3 heterocycles. The first-order valence-corrected chi connectivity index (χ1v) is 6.81. The van der Waals surface area contributed by atoms with E-state index in [1.165, 1.54) is 11.6 Å². The van der Waals surface area contributed by atoms with E-state index in [-0.39, 0.29) is 11.2 Å². The largest absolute Gasteiger partial charge is 0.332 e. The highest BCUT2D eigenvalue weighted by molar-refractivity contribution is 5.70. The fourth-order valence-corrected chi connectivity index (χ4v) is 2.46. The zero-order valence-corrected chi connectivity index (χ0v) is 12.9. The molecule has 8 heteroatoms. The Morgan fingerprint density at radius 3 is 2.55 bits per heavy atom. The van der Waals surface area contributed by atoms with Crippen molar-refractivity contribution in [1.29, 1.82) is 0 Å². The summed E-state index contributed by atoms with van der Waals surface area (Å²) >= 11 is 0. The van der Waals surface area contributed by atoms with Crippen LogP contribution in [0.15, 0.2) is 22.0 Å². The van der Waals surface area contributed by atoms with Gasteiger partial charge in [0.25, 0.3) is 5.56 Å². The van der Waals surface area contributed by atoms with Gasteiger partial charge in [-0.15, -0.1) is 0 Å². The van der Waals surface area contributed by atoms with Crippen LogP contribution in [0.4, 0.5) is 0 Å². The summed E-state index contributed by atoms with van der Waals surface area (Å²) in [4.78, 5) is 28.5. The van der Waals surface area contributed by atoms with E-state index in [2.05, 4.69) is 15.2 Å². The van der Waals surface area contributed by atoms with E-state index >= 15 is 0 Å². The minimum atomic E-state index is -0.389. The standard InChI is InChI=1S/C14H16N6O2/c1-8-5-10(9(2)17-16-8)6-20-7-15-12-11(20)13(21)19(4)14(22)18(12)3/h5,7H,6H2,1-4H3. The van der Waals surface area contributed by atoms with Crippen molar-refractivity contribution in [2.45, 2.75) is 20.4 Å². The second-order valence-corrected chi connectivity index (χ2v) is 5.35. The number of aryl methyl sites for hydroxylation is 3. The normalized spacial score (nSPS) is 11.3. The van der Waals surface area contributed by atoms with Crippen molar-refractivity contribution in [1.82, 2.24) is 28.9 Å². The minimum Gasteiger partial charge on any atom is -0.320 e. The summed E-state index contributed by atoms with van der Waals surface area (Å²) in [7, 11) is 3.07. The van der Waals surface area contributed by atoms with Gasteiger partial charge in [-0.05, 0) is 25.5 Å². The Morgan fingerprint density at radius 2 is 1.82 bits per heavy atom. The summed E-state index contributed by atoms with van der Waals surface area (Å²) in [5.74, 6) is 0. The second-order valence-electron chi connectivity index (χ2n) is 5.35. The van der Waals surface area contributed by atoms with Crippen molar-refractivity contribution in [2.24, 2.45) is 14.1 Å². The first-order chi connectivity index (χ1) is 10.4. The summed E-state index contributed by atoms with van der Waals surface area (Å²) in [6.45, 7) is 4.19. The highest BCUT2D eigenvalue weighted by atomic mass is 16.2. The van der Waals surface area contributed by atoms with Gasteiger partial charge < -0.3 is 4.57 Å². The maximum absolute atomic E-state index is 12.4. The van der Waals surface area contributed by atoms with Crippen LogP contribution < -0.4 is 11.2 Å². The van der Waals surface area contributed by atoms with Crippen LogP contribution in [0.1, 0.15) is 17.0 Å². The molecule has 0 aromatic carbocycles. The van der Waals surface area contributed by atoms with Gasteiger partial charge in [-0.3, -0.25) is 13.9 Å². The monoisotopic (exact) mass is 300 g/mol. The first-order valence-electron chi connectivity index (χ1n) is 6.81. The molecule has 22 heavy (non-hydrogen) atoms. The van der Waals surface area contributed by atoms with E-state index in [0.717, 1.165) is 21.5 Å². The molecule has 0 unspecified atom stereocenters. The predicted molar refractivity (Wildman–Crippen MR) is 80.8 cm³/mol. The van der Waals surface area contributed by atoms with Gasteiger partial charge in [0.15, 0.2) is 11.2 Å². The predicted octanol–water partition coefficient (Wildman–Crippen LogP) is -0.111. The van der Waals surface area contributed by atoms with Crippen LogP contribution in [-0.4, -0.2) is 28.9 Å². The summed E-state index contributed by atoms with van der Waals surface area (Å²) in [6.07, 6.45) is 1.57. The molecule has 3 rings (SSSR count). The number of fused-ring (bicyclic) bond motifs is 1. The van der Waals surface area contributed by atoms with Crippen LogP contribution in [-0.2, 0) is 20.6 Å². The maximum Gasteiger partial charge on any atom is 0.332 e. The molecule has 3 aromatic heterocycles. The average molecular weight is 300 g/mol. The Morgan fingerprint density at radius 1 is 1.09 bits per heavy atom. The Hall–Kier alpha value is -2.77. The van der Waals surface area contributed by atoms with Gasteiger partial charge in [0.1, 0.15) is 0 Å². The van der Waals surface area contributed by atoms with Crippen molar-refractivity contribution in [3.8, 4) is 0 Å². The topological polar surface area (TPSA) is 87.6 Å². The van der Waals surface area contributed by atoms with Gasteiger partial charge in [0.05, 0.1) is 24.3 Å². The third-order valence-electron chi connectivity index (χ3n) is 3.76. The molecule has 0 N–H and O–H groups in total. The van der Waals surface area contributed by atoms with Crippen LogP contribution in [0.2, 0.25) is 0 Å². The maximum atomic E-state index is 12.4. The quantitative estimate of drug-likeness (QED) is 0.659. The zero-order chi connectivity index (χ0) is 16.0. The molecule has 0 bridgehead atoms.